The van der Waals surface area contributed by atoms with E-state index in [1.54, 1.807) is 0 Å². The van der Waals surface area contributed by atoms with Crippen LogP contribution in [0.3, 0.4) is 0 Å². The van der Waals surface area contributed by atoms with Crippen LogP contribution in [0.5, 0.6) is 0 Å². The second kappa shape index (κ2) is 4.65. The average Bonchev–Trinajstić information content (AvgIpc) is 2.80. The van der Waals surface area contributed by atoms with Crippen molar-refractivity contribution in [1.82, 2.24) is 5.32 Å². The third-order valence-electron chi connectivity index (χ3n) is 2.95. The molecule has 1 aromatic rings. The smallest absolute Gasteiger partial charge is 0.253 e. The maximum atomic E-state index is 11.3. The monoisotopic (exact) mass is 223 g/mol. The van der Waals surface area contributed by atoms with Crippen LogP contribution in [0.15, 0.2) is 9.59 Å². The number of hydrogen-bond acceptors (Lipinski definition) is 5. The largest absolute Gasteiger partial charge is 0.380 e. The third kappa shape index (κ3) is 1.95. The molecule has 1 saturated heterocycles. The topological polar surface area (TPSA) is 70.2 Å². The molecular formula is C11H17N3O2. The van der Waals surface area contributed by atoms with E-state index in [2.05, 4.69) is 16.0 Å². The molecule has 0 saturated carbocycles. The van der Waals surface area contributed by atoms with Crippen molar-refractivity contribution >= 4 is 11.4 Å². The fourth-order valence-electron chi connectivity index (χ4n) is 2.06. The Bertz CT molecular complexity index is 428. The molecule has 0 unspecified atom stereocenters. The summed E-state index contributed by atoms with van der Waals surface area (Å²) < 4.78 is 0. The molecule has 2 rings (SSSR count). The van der Waals surface area contributed by atoms with Gasteiger partial charge in [0.25, 0.3) is 10.9 Å². The van der Waals surface area contributed by atoms with Crippen molar-refractivity contribution in [2.24, 2.45) is 0 Å². The highest BCUT2D eigenvalue weighted by Crippen LogP contribution is 2.14. The van der Waals surface area contributed by atoms with E-state index < -0.39 is 10.9 Å². The van der Waals surface area contributed by atoms with Gasteiger partial charge in [0, 0.05) is 19.1 Å². The average molecular weight is 223 g/mol. The minimum absolute atomic E-state index is 0.394. The van der Waals surface area contributed by atoms with Gasteiger partial charge in [0.1, 0.15) is 11.4 Å². The molecule has 0 radical (unpaired) electrons. The van der Waals surface area contributed by atoms with Gasteiger partial charge >= 0.3 is 0 Å². The Hall–Kier alpha value is -1.36. The van der Waals surface area contributed by atoms with Gasteiger partial charge in [0.05, 0.1) is 0 Å². The van der Waals surface area contributed by atoms with Gasteiger partial charge in [-0.25, -0.2) is 0 Å². The fraction of sp³-hybridized carbons (Fsp3) is 0.636. The van der Waals surface area contributed by atoms with E-state index in [1.807, 2.05) is 6.92 Å². The lowest BCUT2D eigenvalue weighted by molar-refractivity contribution is 0.633. The van der Waals surface area contributed by atoms with Crippen molar-refractivity contribution in [3.63, 3.8) is 0 Å². The Morgan fingerprint density at radius 3 is 2.50 bits per heavy atom. The van der Waals surface area contributed by atoms with Crippen molar-refractivity contribution in [3.8, 4) is 0 Å². The van der Waals surface area contributed by atoms with Crippen LogP contribution in [0.25, 0.3) is 0 Å². The second-order valence-corrected chi connectivity index (χ2v) is 4.11. The summed E-state index contributed by atoms with van der Waals surface area (Å²) in [5.41, 5.74) is 0.115. The maximum Gasteiger partial charge on any atom is 0.253 e. The Balaban J connectivity index is 1.95. The van der Waals surface area contributed by atoms with E-state index in [-0.39, 0.29) is 0 Å². The summed E-state index contributed by atoms with van der Waals surface area (Å²) in [6.07, 6.45) is 2.30. The third-order valence-corrected chi connectivity index (χ3v) is 2.95. The SMILES string of the molecule is CCNc1c(NC[C@@H]2CCCN2)c(=O)c1=O. The van der Waals surface area contributed by atoms with E-state index >= 15 is 0 Å². The van der Waals surface area contributed by atoms with E-state index in [0.717, 1.165) is 13.0 Å². The lowest BCUT2D eigenvalue weighted by atomic mass is 10.1. The van der Waals surface area contributed by atoms with Gasteiger partial charge in [-0.2, -0.15) is 0 Å². The summed E-state index contributed by atoms with van der Waals surface area (Å²) in [7, 11) is 0. The van der Waals surface area contributed by atoms with E-state index in [9.17, 15) is 9.59 Å². The van der Waals surface area contributed by atoms with Gasteiger partial charge in [-0.05, 0) is 26.3 Å². The molecule has 1 aliphatic heterocycles. The van der Waals surface area contributed by atoms with Crippen LogP contribution in [0.4, 0.5) is 11.4 Å². The fourth-order valence-corrected chi connectivity index (χ4v) is 2.06. The van der Waals surface area contributed by atoms with Gasteiger partial charge in [-0.15, -0.1) is 0 Å². The minimum atomic E-state index is -0.399. The van der Waals surface area contributed by atoms with Gasteiger partial charge in [-0.3, -0.25) is 9.59 Å². The molecule has 0 amide bonds. The molecule has 5 heteroatoms. The van der Waals surface area contributed by atoms with Gasteiger partial charge < -0.3 is 16.0 Å². The second-order valence-electron chi connectivity index (χ2n) is 4.11. The van der Waals surface area contributed by atoms with Crippen molar-refractivity contribution in [1.29, 1.82) is 0 Å². The standard InChI is InChI=1S/C11H17N3O2/c1-2-12-8-9(11(16)10(8)15)14-6-7-4-3-5-13-7/h7,12-14H,2-6H2,1H3/t7-/m0/s1. The Labute approximate surface area is 93.9 Å². The van der Waals surface area contributed by atoms with Crippen LogP contribution in [0.2, 0.25) is 0 Å². The molecule has 3 N–H and O–H groups in total. The summed E-state index contributed by atoms with van der Waals surface area (Å²) in [6.45, 7) is 4.31. The number of nitrogens with one attached hydrogen (secondary N) is 3. The van der Waals surface area contributed by atoms with Crippen molar-refractivity contribution in [2.45, 2.75) is 25.8 Å². The highest BCUT2D eigenvalue weighted by molar-refractivity contribution is 5.73. The Morgan fingerprint density at radius 2 is 1.94 bits per heavy atom. The molecule has 1 aromatic carbocycles. The molecule has 0 aliphatic carbocycles. The number of rotatable bonds is 5. The summed E-state index contributed by atoms with van der Waals surface area (Å²) in [4.78, 5) is 22.6. The highest BCUT2D eigenvalue weighted by Gasteiger charge is 2.21. The molecule has 0 spiro atoms. The van der Waals surface area contributed by atoms with Crippen molar-refractivity contribution in [3.05, 3.63) is 20.4 Å². The molecule has 1 heterocycles. The molecule has 1 atom stereocenters. The molecular weight excluding hydrogens is 206 g/mol. The van der Waals surface area contributed by atoms with E-state index in [0.29, 0.717) is 30.5 Å². The normalized spacial score (nSPS) is 20.2. The lowest BCUT2D eigenvalue weighted by Gasteiger charge is -2.16. The van der Waals surface area contributed by atoms with Crippen LogP contribution >= 0.6 is 0 Å². The van der Waals surface area contributed by atoms with Gasteiger partial charge in [-0.1, -0.05) is 0 Å². The first-order valence-electron chi connectivity index (χ1n) is 5.78. The number of anilines is 2. The summed E-state index contributed by atoms with van der Waals surface area (Å²) in [5.74, 6) is 0. The zero-order valence-corrected chi connectivity index (χ0v) is 9.43. The zero-order valence-electron chi connectivity index (χ0n) is 9.43. The first-order valence-corrected chi connectivity index (χ1v) is 5.78. The van der Waals surface area contributed by atoms with Gasteiger partial charge in [0.2, 0.25) is 0 Å². The van der Waals surface area contributed by atoms with Crippen LogP contribution in [-0.4, -0.2) is 25.7 Å². The first kappa shape index (κ1) is 11.1. The first-order chi connectivity index (χ1) is 7.74. The van der Waals surface area contributed by atoms with Crippen LogP contribution in [-0.2, 0) is 0 Å². The predicted octanol–water partition coefficient (Wildman–Crippen LogP) is -0.122. The summed E-state index contributed by atoms with van der Waals surface area (Å²) in [6, 6.07) is 0.416. The molecule has 16 heavy (non-hydrogen) atoms. The minimum Gasteiger partial charge on any atom is -0.380 e. The summed E-state index contributed by atoms with van der Waals surface area (Å²) in [5, 5.41) is 9.31. The van der Waals surface area contributed by atoms with Gasteiger partial charge in [0.15, 0.2) is 0 Å². The summed E-state index contributed by atoms with van der Waals surface area (Å²) >= 11 is 0. The number of hydrogen-bond donors (Lipinski definition) is 3. The lowest BCUT2D eigenvalue weighted by Crippen LogP contribution is -2.40. The quantitative estimate of drug-likeness (QED) is 0.607. The molecule has 0 aromatic heterocycles. The predicted molar refractivity (Wildman–Crippen MR) is 65.0 cm³/mol. The molecule has 1 fully saturated rings. The van der Waals surface area contributed by atoms with Crippen molar-refractivity contribution < 1.29 is 0 Å². The van der Waals surface area contributed by atoms with Crippen molar-refractivity contribution in [2.75, 3.05) is 30.3 Å². The molecule has 88 valence electrons. The van der Waals surface area contributed by atoms with Crippen LogP contribution < -0.4 is 26.8 Å². The molecule has 1 aliphatic rings. The van der Waals surface area contributed by atoms with E-state index in [1.165, 1.54) is 6.42 Å². The zero-order chi connectivity index (χ0) is 11.5. The molecule has 5 nitrogen and oxygen atoms in total. The van der Waals surface area contributed by atoms with Crippen LogP contribution in [0.1, 0.15) is 19.8 Å². The maximum absolute atomic E-state index is 11.3. The Kier molecular flexibility index (Phi) is 3.24. The Morgan fingerprint density at radius 1 is 1.25 bits per heavy atom. The highest BCUT2D eigenvalue weighted by atomic mass is 16.2. The molecule has 0 bridgehead atoms. The van der Waals surface area contributed by atoms with E-state index in [4.69, 9.17) is 0 Å². The van der Waals surface area contributed by atoms with Crippen LogP contribution in [0, 0.1) is 0 Å².